The quantitative estimate of drug-likeness (QED) is 0.444. The van der Waals surface area contributed by atoms with Crippen LogP contribution in [-0.4, -0.2) is 28.2 Å². The Morgan fingerprint density at radius 3 is 2.90 bits per heavy atom. The van der Waals surface area contributed by atoms with Crippen LogP contribution in [0.4, 0.5) is 5.69 Å². The summed E-state index contributed by atoms with van der Waals surface area (Å²) in [5.74, 6) is 0.577. The summed E-state index contributed by atoms with van der Waals surface area (Å²) in [5, 5.41) is 18.9. The number of amides is 1. The molecular weight excluding hydrogens is 394 g/mol. The van der Waals surface area contributed by atoms with E-state index in [1.54, 1.807) is 36.7 Å². The van der Waals surface area contributed by atoms with Gasteiger partial charge in [0.05, 0.1) is 27.3 Å². The Morgan fingerprint density at radius 1 is 1.34 bits per heavy atom. The van der Waals surface area contributed by atoms with E-state index in [1.807, 2.05) is 23.6 Å². The van der Waals surface area contributed by atoms with Crippen LogP contribution in [-0.2, 0) is 4.79 Å². The van der Waals surface area contributed by atoms with Gasteiger partial charge in [-0.05, 0) is 36.6 Å². The summed E-state index contributed by atoms with van der Waals surface area (Å²) in [5.41, 5.74) is 1.13. The van der Waals surface area contributed by atoms with Crippen LogP contribution >= 0.6 is 11.3 Å². The largest absolute Gasteiger partial charge is 0.483 e. The molecule has 3 heterocycles. The Labute approximate surface area is 170 Å². The van der Waals surface area contributed by atoms with E-state index >= 15 is 0 Å². The third kappa shape index (κ3) is 3.77. The van der Waals surface area contributed by atoms with Gasteiger partial charge < -0.3 is 9.15 Å². The average molecular weight is 411 g/mol. The van der Waals surface area contributed by atoms with Gasteiger partial charge in [-0.2, -0.15) is 5.10 Å². The first-order valence-electron chi connectivity index (χ1n) is 8.88. The molecule has 2 aromatic heterocycles. The highest BCUT2D eigenvalue weighted by Crippen LogP contribution is 2.34. The standard InChI is InChI=1S/C20H17N3O5S/c1-13-15(23(25)26)5-2-6-17(13)28-12-20(24)22-16(18-7-3-9-27-18)11-14(21-22)19-8-4-10-29-19/h2-10,16H,11-12H2,1H3. The van der Waals surface area contributed by atoms with Gasteiger partial charge in [0, 0.05) is 12.5 Å². The molecule has 1 aliphatic heterocycles. The summed E-state index contributed by atoms with van der Waals surface area (Å²) in [4.78, 5) is 24.5. The fourth-order valence-corrected chi connectivity index (χ4v) is 3.92. The molecule has 0 radical (unpaired) electrons. The lowest BCUT2D eigenvalue weighted by atomic mass is 10.1. The van der Waals surface area contributed by atoms with Crippen LogP contribution in [0.15, 0.2) is 63.6 Å². The number of thiophene rings is 1. The van der Waals surface area contributed by atoms with Crippen molar-refractivity contribution in [3.8, 4) is 5.75 Å². The Balaban J connectivity index is 1.54. The second-order valence-electron chi connectivity index (χ2n) is 6.44. The van der Waals surface area contributed by atoms with Crippen LogP contribution in [0.1, 0.15) is 28.7 Å². The van der Waals surface area contributed by atoms with E-state index in [-0.39, 0.29) is 24.2 Å². The molecule has 4 rings (SSSR count). The summed E-state index contributed by atoms with van der Waals surface area (Å²) < 4.78 is 11.1. The van der Waals surface area contributed by atoms with Crippen LogP contribution in [0, 0.1) is 17.0 Å². The molecule has 1 atom stereocenters. The third-order valence-electron chi connectivity index (χ3n) is 4.65. The van der Waals surface area contributed by atoms with Gasteiger partial charge in [0.2, 0.25) is 0 Å². The second kappa shape index (κ2) is 7.88. The highest BCUT2D eigenvalue weighted by molar-refractivity contribution is 7.12. The SMILES string of the molecule is Cc1c(OCC(=O)N2N=C(c3cccs3)CC2c2ccco2)cccc1[N+](=O)[O-]. The topological polar surface area (TPSA) is 98.2 Å². The maximum absolute atomic E-state index is 12.9. The first-order valence-corrected chi connectivity index (χ1v) is 9.76. The first kappa shape index (κ1) is 18.9. The number of ether oxygens (including phenoxy) is 1. The molecule has 1 amide bonds. The molecule has 0 spiro atoms. The first-order chi connectivity index (χ1) is 14.0. The monoisotopic (exact) mass is 411 g/mol. The van der Waals surface area contributed by atoms with Crippen LogP contribution in [0.2, 0.25) is 0 Å². The zero-order valence-corrected chi connectivity index (χ0v) is 16.3. The molecule has 148 valence electrons. The molecule has 1 unspecified atom stereocenters. The maximum Gasteiger partial charge on any atom is 0.281 e. The number of hydrogen-bond donors (Lipinski definition) is 0. The van der Waals surface area contributed by atoms with Crippen LogP contribution in [0.5, 0.6) is 5.75 Å². The summed E-state index contributed by atoms with van der Waals surface area (Å²) in [6, 6.07) is 11.6. The minimum atomic E-state index is -0.477. The number of carbonyl (C=O) groups is 1. The number of nitro benzene ring substituents is 1. The number of nitro groups is 1. The normalized spacial score (nSPS) is 16.0. The number of furan rings is 1. The van der Waals surface area contributed by atoms with Crippen molar-refractivity contribution in [3.63, 3.8) is 0 Å². The van der Waals surface area contributed by atoms with E-state index in [0.29, 0.717) is 23.5 Å². The summed E-state index contributed by atoms with van der Waals surface area (Å²) in [6.07, 6.45) is 2.10. The van der Waals surface area contributed by atoms with Gasteiger partial charge in [-0.25, -0.2) is 5.01 Å². The van der Waals surface area contributed by atoms with E-state index in [1.165, 1.54) is 17.1 Å². The predicted molar refractivity (Wildman–Crippen MR) is 107 cm³/mol. The third-order valence-corrected chi connectivity index (χ3v) is 5.57. The molecular formula is C20H17N3O5S. The fraction of sp³-hybridized carbons (Fsp3) is 0.200. The number of rotatable bonds is 6. The lowest BCUT2D eigenvalue weighted by Crippen LogP contribution is -2.31. The zero-order valence-electron chi connectivity index (χ0n) is 15.5. The van der Waals surface area contributed by atoms with Crippen molar-refractivity contribution in [3.05, 3.63) is 80.4 Å². The van der Waals surface area contributed by atoms with E-state index < -0.39 is 4.92 Å². The van der Waals surface area contributed by atoms with Gasteiger partial charge in [-0.1, -0.05) is 12.1 Å². The highest BCUT2D eigenvalue weighted by atomic mass is 32.1. The Kier molecular flexibility index (Phi) is 5.13. The lowest BCUT2D eigenvalue weighted by Gasteiger charge is -2.20. The van der Waals surface area contributed by atoms with E-state index in [0.717, 1.165) is 10.6 Å². The van der Waals surface area contributed by atoms with Gasteiger partial charge in [0.25, 0.3) is 11.6 Å². The van der Waals surface area contributed by atoms with Crippen molar-refractivity contribution in [2.24, 2.45) is 5.10 Å². The number of carbonyl (C=O) groups excluding carboxylic acids is 1. The van der Waals surface area contributed by atoms with Crippen molar-refractivity contribution in [1.29, 1.82) is 0 Å². The van der Waals surface area contributed by atoms with Crippen molar-refractivity contribution in [1.82, 2.24) is 5.01 Å². The predicted octanol–water partition coefficient (Wildman–Crippen LogP) is 4.31. The minimum absolute atomic E-state index is 0.0532. The minimum Gasteiger partial charge on any atom is -0.483 e. The zero-order chi connectivity index (χ0) is 20.4. The highest BCUT2D eigenvalue weighted by Gasteiger charge is 2.35. The van der Waals surface area contributed by atoms with Crippen LogP contribution in [0.3, 0.4) is 0 Å². The Bertz CT molecular complexity index is 1060. The van der Waals surface area contributed by atoms with E-state index in [9.17, 15) is 14.9 Å². The molecule has 1 aliphatic rings. The van der Waals surface area contributed by atoms with Crippen molar-refractivity contribution in [2.45, 2.75) is 19.4 Å². The second-order valence-corrected chi connectivity index (χ2v) is 7.39. The van der Waals surface area contributed by atoms with Crippen molar-refractivity contribution >= 4 is 28.6 Å². The molecule has 8 nitrogen and oxygen atoms in total. The lowest BCUT2D eigenvalue weighted by molar-refractivity contribution is -0.385. The van der Waals surface area contributed by atoms with Crippen LogP contribution < -0.4 is 4.74 Å². The molecule has 3 aromatic rings. The molecule has 1 aromatic carbocycles. The molecule has 0 fully saturated rings. The fourth-order valence-electron chi connectivity index (χ4n) is 3.20. The molecule has 0 bridgehead atoms. The summed E-state index contributed by atoms with van der Waals surface area (Å²) in [6.45, 7) is 1.30. The van der Waals surface area contributed by atoms with Gasteiger partial charge in [-0.3, -0.25) is 14.9 Å². The van der Waals surface area contributed by atoms with E-state index in [2.05, 4.69) is 5.10 Å². The molecule has 0 saturated heterocycles. The maximum atomic E-state index is 12.9. The number of benzene rings is 1. The molecule has 0 saturated carbocycles. The van der Waals surface area contributed by atoms with Crippen molar-refractivity contribution in [2.75, 3.05) is 6.61 Å². The average Bonchev–Trinajstić information content (AvgIpc) is 3.47. The van der Waals surface area contributed by atoms with E-state index in [4.69, 9.17) is 9.15 Å². The molecule has 0 aliphatic carbocycles. The van der Waals surface area contributed by atoms with Gasteiger partial charge >= 0.3 is 0 Å². The van der Waals surface area contributed by atoms with Gasteiger partial charge in [0.1, 0.15) is 17.6 Å². The summed E-state index contributed by atoms with van der Waals surface area (Å²) in [7, 11) is 0. The van der Waals surface area contributed by atoms with Gasteiger partial charge in [-0.15, -0.1) is 11.3 Å². The number of hydrogen-bond acceptors (Lipinski definition) is 7. The Morgan fingerprint density at radius 2 is 2.21 bits per heavy atom. The molecule has 0 N–H and O–H groups in total. The summed E-state index contributed by atoms with van der Waals surface area (Å²) >= 11 is 1.56. The number of nitrogens with zero attached hydrogens (tertiary/aromatic N) is 3. The Hall–Kier alpha value is -3.46. The van der Waals surface area contributed by atoms with Crippen molar-refractivity contribution < 1.29 is 18.9 Å². The smallest absolute Gasteiger partial charge is 0.281 e. The number of hydrazone groups is 1. The van der Waals surface area contributed by atoms with Crippen LogP contribution in [0.25, 0.3) is 0 Å². The molecule has 29 heavy (non-hydrogen) atoms. The van der Waals surface area contributed by atoms with Gasteiger partial charge in [0.15, 0.2) is 6.61 Å². The molecule has 9 heteroatoms.